The highest BCUT2D eigenvalue weighted by molar-refractivity contribution is 4.90. The molecule has 2 heterocycles. The maximum Gasteiger partial charge on any atom is 0.0837 e. The fourth-order valence-corrected chi connectivity index (χ4v) is 1.91. The average Bonchev–Trinajstić information content (AvgIpc) is 2.98. The van der Waals surface area contributed by atoms with Gasteiger partial charge in [-0.05, 0) is 12.8 Å². The Hall–Kier alpha value is -0.160. The molecule has 0 aromatic rings. The Labute approximate surface area is 83.8 Å². The monoisotopic (exact) mass is 202 g/mol. The van der Waals surface area contributed by atoms with Crippen LogP contribution in [0.2, 0.25) is 0 Å². The highest BCUT2D eigenvalue weighted by Crippen LogP contribution is 2.33. The molecule has 0 aliphatic carbocycles. The van der Waals surface area contributed by atoms with E-state index in [0.717, 1.165) is 13.2 Å². The first-order valence-electron chi connectivity index (χ1n) is 5.28. The summed E-state index contributed by atoms with van der Waals surface area (Å²) in [4.78, 5) is 0. The van der Waals surface area contributed by atoms with Crippen LogP contribution in [0.1, 0.15) is 25.7 Å². The van der Waals surface area contributed by atoms with Gasteiger partial charge in [0, 0.05) is 19.4 Å². The highest BCUT2D eigenvalue weighted by Gasteiger charge is 2.40. The van der Waals surface area contributed by atoms with Crippen LogP contribution in [0.15, 0.2) is 0 Å². The molecule has 4 nitrogen and oxygen atoms in total. The van der Waals surface area contributed by atoms with Gasteiger partial charge < -0.3 is 19.7 Å². The first kappa shape index (κ1) is 10.4. The van der Waals surface area contributed by atoms with Crippen molar-refractivity contribution in [2.45, 2.75) is 43.5 Å². The molecule has 2 unspecified atom stereocenters. The molecule has 0 saturated carbocycles. The molecule has 2 rings (SSSR count). The Morgan fingerprint density at radius 2 is 1.64 bits per heavy atom. The molecule has 0 aromatic heterocycles. The summed E-state index contributed by atoms with van der Waals surface area (Å²) in [5.41, 5.74) is -0.689. The fourth-order valence-electron chi connectivity index (χ4n) is 1.91. The number of ether oxygens (including phenoxy) is 2. The number of epoxide rings is 2. The number of aliphatic hydroxyl groups excluding tert-OH is 1. The summed E-state index contributed by atoms with van der Waals surface area (Å²) in [7, 11) is 0. The summed E-state index contributed by atoms with van der Waals surface area (Å²) < 4.78 is 10.2. The third-order valence-electron chi connectivity index (χ3n) is 2.82. The van der Waals surface area contributed by atoms with Crippen molar-refractivity contribution in [2.75, 3.05) is 19.8 Å². The van der Waals surface area contributed by atoms with E-state index in [1.165, 1.54) is 0 Å². The van der Waals surface area contributed by atoms with Crippen LogP contribution in [-0.2, 0) is 9.47 Å². The van der Waals surface area contributed by atoms with E-state index in [0.29, 0.717) is 25.7 Å². The van der Waals surface area contributed by atoms with E-state index in [-0.39, 0.29) is 18.8 Å². The van der Waals surface area contributed by atoms with Gasteiger partial charge in [-0.2, -0.15) is 0 Å². The van der Waals surface area contributed by atoms with Crippen LogP contribution in [0, 0.1) is 0 Å². The van der Waals surface area contributed by atoms with Gasteiger partial charge >= 0.3 is 0 Å². The predicted molar refractivity (Wildman–Crippen MR) is 50.0 cm³/mol. The van der Waals surface area contributed by atoms with E-state index in [1.54, 1.807) is 0 Å². The Kier molecular flexibility index (Phi) is 3.07. The molecule has 2 aliphatic heterocycles. The quantitative estimate of drug-likeness (QED) is 0.573. The van der Waals surface area contributed by atoms with Crippen molar-refractivity contribution in [3.63, 3.8) is 0 Å². The van der Waals surface area contributed by atoms with E-state index < -0.39 is 5.60 Å². The molecule has 0 radical (unpaired) electrons. The predicted octanol–water partition coefficient (Wildman–Crippen LogP) is 0.0678. The zero-order valence-electron chi connectivity index (χ0n) is 8.32. The van der Waals surface area contributed by atoms with Gasteiger partial charge in [-0.15, -0.1) is 0 Å². The summed E-state index contributed by atoms with van der Waals surface area (Å²) in [5.74, 6) is 0. The molecule has 0 bridgehead atoms. The molecular weight excluding hydrogens is 184 g/mol. The normalized spacial score (nSPS) is 33.9. The van der Waals surface area contributed by atoms with Crippen molar-refractivity contribution in [1.82, 2.24) is 0 Å². The lowest BCUT2D eigenvalue weighted by molar-refractivity contribution is -0.00358. The van der Waals surface area contributed by atoms with E-state index in [1.807, 2.05) is 0 Å². The molecule has 2 fully saturated rings. The van der Waals surface area contributed by atoms with Gasteiger partial charge in [-0.1, -0.05) is 0 Å². The number of aliphatic hydroxyl groups is 2. The summed E-state index contributed by atoms with van der Waals surface area (Å²) in [6, 6.07) is 0. The topological polar surface area (TPSA) is 65.5 Å². The fraction of sp³-hybridized carbons (Fsp3) is 1.00. The zero-order valence-corrected chi connectivity index (χ0v) is 8.32. The summed E-state index contributed by atoms with van der Waals surface area (Å²) in [5, 5.41) is 19.0. The number of rotatable bonds is 7. The third kappa shape index (κ3) is 3.20. The molecular formula is C10H18O4. The molecule has 2 N–H and O–H groups in total. The Morgan fingerprint density at radius 1 is 1.14 bits per heavy atom. The second-order valence-electron chi connectivity index (χ2n) is 4.37. The van der Waals surface area contributed by atoms with E-state index >= 15 is 0 Å². The van der Waals surface area contributed by atoms with Gasteiger partial charge in [-0.3, -0.25) is 0 Å². The van der Waals surface area contributed by atoms with Crippen molar-refractivity contribution in [2.24, 2.45) is 0 Å². The van der Waals surface area contributed by atoms with Gasteiger partial charge in [0.05, 0.1) is 31.0 Å². The molecule has 14 heavy (non-hydrogen) atoms. The Balaban J connectivity index is 1.79. The second-order valence-corrected chi connectivity index (χ2v) is 4.37. The molecule has 0 aromatic carbocycles. The summed E-state index contributed by atoms with van der Waals surface area (Å²) in [6.45, 7) is 1.68. The lowest BCUT2D eigenvalue weighted by atomic mass is 9.88. The standard InChI is InChI=1S/C10H18O4/c11-3-1-2-10(12,4-8-6-13-8)5-9-7-14-9/h8-9,11-12H,1-7H2. The molecule has 2 aliphatic rings. The molecule has 82 valence electrons. The smallest absolute Gasteiger partial charge is 0.0837 e. The van der Waals surface area contributed by atoms with Gasteiger partial charge in [0.2, 0.25) is 0 Å². The molecule has 4 heteroatoms. The third-order valence-corrected chi connectivity index (χ3v) is 2.82. The minimum atomic E-state index is -0.689. The Morgan fingerprint density at radius 3 is 2.00 bits per heavy atom. The van der Waals surface area contributed by atoms with E-state index in [4.69, 9.17) is 14.6 Å². The second kappa shape index (κ2) is 4.14. The molecule has 2 saturated heterocycles. The van der Waals surface area contributed by atoms with Crippen LogP contribution >= 0.6 is 0 Å². The summed E-state index contributed by atoms with van der Waals surface area (Å²) >= 11 is 0. The first-order valence-corrected chi connectivity index (χ1v) is 5.28. The van der Waals surface area contributed by atoms with Crippen molar-refractivity contribution >= 4 is 0 Å². The van der Waals surface area contributed by atoms with Crippen LogP contribution in [0.25, 0.3) is 0 Å². The maximum absolute atomic E-state index is 10.3. The Bertz CT molecular complexity index is 173. The highest BCUT2D eigenvalue weighted by atomic mass is 16.6. The maximum atomic E-state index is 10.3. The van der Waals surface area contributed by atoms with Crippen LogP contribution in [-0.4, -0.2) is 47.8 Å². The minimum absolute atomic E-state index is 0.138. The minimum Gasteiger partial charge on any atom is -0.396 e. The van der Waals surface area contributed by atoms with Crippen molar-refractivity contribution < 1.29 is 19.7 Å². The van der Waals surface area contributed by atoms with Crippen LogP contribution in [0.5, 0.6) is 0 Å². The van der Waals surface area contributed by atoms with Crippen LogP contribution < -0.4 is 0 Å². The average molecular weight is 202 g/mol. The lowest BCUT2D eigenvalue weighted by Gasteiger charge is -2.26. The van der Waals surface area contributed by atoms with Crippen LogP contribution in [0.4, 0.5) is 0 Å². The van der Waals surface area contributed by atoms with Crippen molar-refractivity contribution in [3.8, 4) is 0 Å². The van der Waals surface area contributed by atoms with Crippen molar-refractivity contribution in [1.29, 1.82) is 0 Å². The number of hydrogen-bond acceptors (Lipinski definition) is 4. The van der Waals surface area contributed by atoms with Gasteiger partial charge in [0.15, 0.2) is 0 Å². The summed E-state index contributed by atoms with van der Waals surface area (Å²) in [6.07, 6.45) is 3.13. The van der Waals surface area contributed by atoms with E-state index in [2.05, 4.69) is 0 Å². The van der Waals surface area contributed by atoms with Gasteiger partial charge in [0.1, 0.15) is 0 Å². The number of hydrogen-bond donors (Lipinski definition) is 2. The van der Waals surface area contributed by atoms with Gasteiger partial charge in [-0.25, -0.2) is 0 Å². The molecule has 2 atom stereocenters. The molecule has 0 spiro atoms. The SMILES string of the molecule is OCCCC(O)(CC1CO1)CC1CO1. The molecule has 0 amide bonds. The van der Waals surface area contributed by atoms with Crippen LogP contribution in [0.3, 0.4) is 0 Å². The van der Waals surface area contributed by atoms with E-state index in [9.17, 15) is 5.11 Å². The first-order chi connectivity index (χ1) is 6.72. The lowest BCUT2D eigenvalue weighted by Crippen LogP contribution is -2.32. The zero-order chi connectivity index (χ0) is 10.0. The van der Waals surface area contributed by atoms with Gasteiger partial charge in [0.25, 0.3) is 0 Å². The largest absolute Gasteiger partial charge is 0.396 e. The van der Waals surface area contributed by atoms with Crippen molar-refractivity contribution in [3.05, 3.63) is 0 Å².